The van der Waals surface area contributed by atoms with Gasteiger partial charge in [0, 0.05) is 12.6 Å². The molecular weight excluding hydrogens is 599 g/mol. The number of unbranched alkanes of at least 4 members (excludes halogenated alkanes) is 14. The second kappa shape index (κ2) is 20.3. The maximum absolute atomic E-state index is 15.6. The van der Waals surface area contributed by atoms with Crippen molar-refractivity contribution in [3.8, 4) is 0 Å². The van der Waals surface area contributed by atoms with Crippen LogP contribution in [0.3, 0.4) is 0 Å². The maximum atomic E-state index is 15.6. The van der Waals surface area contributed by atoms with Gasteiger partial charge < -0.3 is 20.1 Å². The Labute approximate surface area is 259 Å². The molecule has 3 unspecified atom stereocenters. The number of carbonyl (C=O) groups excluding carboxylic acids is 1. The third-order valence-corrected chi connectivity index (χ3v) is 8.59. The van der Waals surface area contributed by atoms with E-state index in [2.05, 4.69) is 18.8 Å². The van der Waals surface area contributed by atoms with Crippen LogP contribution in [0.5, 0.6) is 0 Å². The fourth-order valence-electron chi connectivity index (χ4n) is 5.08. The lowest BCUT2D eigenvalue weighted by atomic mass is 10.1. The number of hydrogen-bond acceptors (Lipinski definition) is 9. The van der Waals surface area contributed by atoms with E-state index in [1.807, 2.05) is 0 Å². The first-order valence-electron chi connectivity index (χ1n) is 16.2. The average Bonchev–Trinajstić information content (AvgIpc) is 3.21. The number of esters is 1. The number of anilines is 1. The van der Waals surface area contributed by atoms with E-state index in [1.165, 1.54) is 25.7 Å². The molecule has 254 valence electrons. The molecule has 3 N–H and O–H groups in total. The molecule has 0 aliphatic carbocycles. The van der Waals surface area contributed by atoms with Crippen LogP contribution in [0.4, 0.5) is 14.6 Å². The summed E-state index contributed by atoms with van der Waals surface area (Å²) in [6.45, 7) is 3.41. The Morgan fingerprint density at radius 3 is 2.09 bits per heavy atom. The first-order valence-corrected chi connectivity index (χ1v) is 17.7. The van der Waals surface area contributed by atoms with E-state index in [1.54, 1.807) is 0 Å². The van der Waals surface area contributed by atoms with Gasteiger partial charge in [0.1, 0.15) is 11.9 Å². The number of halogens is 2. The number of hydrogen-bond donors (Lipinski definition) is 2. The maximum Gasteiger partial charge on any atom is 0.472 e. The summed E-state index contributed by atoms with van der Waals surface area (Å²) in [6, 6.07) is 1.15. The topological polar surface area (TPSA) is 152 Å². The zero-order valence-electron chi connectivity index (χ0n) is 26.3. The molecule has 14 heteroatoms. The van der Waals surface area contributed by atoms with Crippen molar-refractivity contribution in [1.29, 1.82) is 0 Å². The third-order valence-electron chi connectivity index (χ3n) is 7.60. The number of phosphoric ester groups is 1. The van der Waals surface area contributed by atoms with Gasteiger partial charge in [-0.3, -0.25) is 18.4 Å². The van der Waals surface area contributed by atoms with Crippen molar-refractivity contribution in [2.24, 2.45) is 0 Å². The van der Waals surface area contributed by atoms with Crippen molar-refractivity contribution < 1.29 is 41.6 Å². The molecule has 2 heterocycles. The van der Waals surface area contributed by atoms with E-state index < -0.39 is 50.4 Å². The number of nitrogens with two attached hydrogens (primary N) is 1. The smallest absolute Gasteiger partial charge is 0.453 e. The second-order valence-corrected chi connectivity index (χ2v) is 12.9. The number of nitrogens with zero attached hydrogens (tertiary/aromatic N) is 2. The molecule has 2 rings (SSSR count). The molecule has 1 aromatic rings. The van der Waals surface area contributed by atoms with E-state index >= 15 is 8.78 Å². The molecule has 44 heavy (non-hydrogen) atoms. The number of nitrogen functional groups attached to an aromatic ring is 1. The Bertz CT molecular complexity index is 1080. The van der Waals surface area contributed by atoms with Gasteiger partial charge in [-0.1, -0.05) is 104 Å². The molecule has 0 saturated carbocycles. The number of ether oxygens (including phenoxy) is 2. The van der Waals surface area contributed by atoms with Crippen LogP contribution >= 0.6 is 7.82 Å². The summed E-state index contributed by atoms with van der Waals surface area (Å²) in [5, 5.41) is 0. The van der Waals surface area contributed by atoms with Crippen molar-refractivity contribution in [2.75, 3.05) is 18.9 Å². The van der Waals surface area contributed by atoms with Gasteiger partial charge in [0.2, 0.25) is 6.23 Å². The van der Waals surface area contributed by atoms with E-state index in [-0.39, 0.29) is 18.8 Å². The minimum Gasteiger partial charge on any atom is -0.453 e. The van der Waals surface area contributed by atoms with Crippen LogP contribution in [0.2, 0.25) is 0 Å². The van der Waals surface area contributed by atoms with E-state index in [9.17, 15) is 19.0 Å². The molecule has 0 spiro atoms. The zero-order chi connectivity index (χ0) is 32.4. The number of alkyl halides is 2. The molecule has 1 saturated heterocycles. The van der Waals surface area contributed by atoms with Crippen molar-refractivity contribution in [3.63, 3.8) is 0 Å². The van der Waals surface area contributed by atoms with Gasteiger partial charge in [-0.25, -0.2) is 9.36 Å². The highest BCUT2D eigenvalue weighted by molar-refractivity contribution is 7.47. The molecule has 1 aliphatic rings. The summed E-state index contributed by atoms with van der Waals surface area (Å²) in [5.74, 6) is -4.94. The van der Waals surface area contributed by atoms with Gasteiger partial charge in [-0.15, -0.1) is 0 Å². The first kappa shape index (κ1) is 38.3. The molecule has 0 radical (unpaired) electrons. The second-order valence-electron chi connectivity index (χ2n) is 11.5. The van der Waals surface area contributed by atoms with Crippen LogP contribution in [0.1, 0.15) is 129 Å². The molecular formula is C30H52F2N3O8P. The summed E-state index contributed by atoms with van der Waals surface area (Å²) in [5.41, 5.74) is 4.39. The lowest BCUT2D eigenvalue weighted by Crippen LogP contribution is -2.44. The van der Waals surface area contributed by atoms with E-state index in [0.29, 0.717) is 17.4 Å². The Morgan fingerprint density at radius 2 is 1.52 bits per heavy atom. The molecule has 11 nitrogen and oxygen atoms in total. The van der Waals surface area contributed by atoms with Crippen molar-refractivity contribution in [1.82, 2.24) is 9.55 Å². The Balaban J connectivity index is 1.95. The number of carbonyl (C=O) groups is 1. The van der Waals surface area contributed by atoms with Crippen LogP contribution in [0.25, 0.3) is 0 Å². The largest absolute Gasteiger partial charge is 0.472 e. The zero-order valence-corrected chi connectivity index (χ0v) is 27.2. The molecule has 0 amide bonds. The third kappa shape index (κ3) is 13.6. The lowest BCUT2D eigenvalue weighted by Gasteiger charge is -2.24. The predicted octanol–water partition coefficient (Wildman–Crippen LogP) is 7.08. The summed E-state index contributed by atoms with van der Waals surface area (Å²) in [7, 11) is -4.62. The normalized spacial score (nSPS) is 20.9. The predicted molar refractivity (Wildman–Crippen MR) is 163 cm³/mol. The average molecular weight is 652 g/mol. The molecule has 0 aromatic carbocycles. The molecule has 1 fully saturated rings. The SMILES string of the molecule is CCCCCCCCCCOP(=O)(O)OCC1OC(n2ccc(N)nc2=O)C(F)(F)[C@@H]1OC(=O)CCCCCCCCCC. The number of phosphoric acid groups is 1. The van der Waals surface area contributed by atoms with Crippen LogP contribution < -0.4 is 11.4 Å². The van der Waals surface area contributed by atoms with E-state index in [0.717, 1.165) is 76.5 Å². The Kier molecular flexibility index (Phi) is 17.6. The van der Waals surface area contributed by atoms with Crippen LogP contribution in [0, 0.1) is 0 Å². The van der Waals surface area contributed by atoms with Crippen molar-refractivity contribution in [3.05, 3.63) is 22.7 Å². The van der Waals surface area contributed by atoms with Crippen molar-refractivity contribution in [2.45, 2.75) is 147 Å². The Hall–Kier alpha value is -1.92. The molecule has 0 bridgehead atoms. The van der Waals surface area contributed by atoms with Gasteiger partial charge in [0.15, 0.2) is 6.10 Å². The summed E-state index contributed by atoms with van der Waals surface area (Å²) >= 11 is 0. The molecule has 1 aromatic heterocycles. The number of aromatic nitrogens is 2. The van der Waals surface area contributed by atoms with Gasteiger partial charge in [-0.2, -0.15) is 13.8 Å². The van der Waals surface area contributed by atoms with Gasteiger partial charge in [-0.05, 0) is 18.9 Å². The van der Waals surface area contributed by atoms with Gasteiger partial charge in [0.25, 0.3) is 0 Å². The minimum absolute atomic E-state index is 0.0451. The van der Waals surface area contributed by atoms with Gasteiger partial charge in [0.05, 0.1) is 13.2 Å². The van der Waals surface area contributed by atoms with Crippen LogP contribution in [-0.4, -0.2) is 51.8 Å². The first-order chi connectivity index (χ1) is 21.0. The van der Waals surface area contributed by atoms with Crippen molar-refractivity contribution >= 4 is 19.6 Å². The minimum atomic E-state index is -4.62. The molecule has 4 atom stereocenters. The quantitative estimate of drug-likeness (QED) is 0.0674. The van der Waals surface area contributed by atoms with Gasteiger partial charge >= 0.3 is 25.4 Å². The summed E-state index contributed by atoms with van der Waals surface area (Å²) in [4.78, 5) is 38.5. The number of rotatable bonds is 24. The van der Waals surface area contributed by atoms with Crippen LogP contribution in [0.15, 0.2) is 17.1 Å². The highest BCUT2D eigenvalue weighted by Crippen LogP contribution is 2.48. The lowest BCUT2D eigenvalue weighted by molar-refractivity contribution is -0.176. The fraction of sp³-hybridized carbons (Fsp3) is 0.833. The van der Waals surface area contributed by atoms with E-state index in [4.69, 9.17) is 24.3 Å². The summed E-state index contributed by atoms with van der Waals surface area (Å²) < 4.78 is 64.9. The Morgan fingerprint density at radius 1 is 0.977 bits per heavy atom. The highest BCUT2D eigenvalue weighted by atomic mass is 31.2. The monoisotopic (exact) mass is 651 g/mol. The standard InChI is InChI=1S/C30H52F2N3O8P/c1-3-5-7-9-11-13-15-17-19-26(36)43-27-24(42-28(30(27,31)32)35-21-20-25(33)34-29(35)37)23-41-44(38,39)40-22-18-16-14-12-10-8-6-4-2/h20-21,24,27-28H,3-19,22-23H2,1-2H3,(H,38,39)(H2,33,34,37)/t24?,27-,28?/m1/s1. The van der Waals surface area contributed by atoms with Crippen LogP contribution in [-0.2, 0) is 27.9 Å². The summed E-state index contributed by atoms with van der Waals surface area (Å²) in [6.07, 6.45) is 10.8. The highest BCUT2D eigenvalue weighted by Gasteiger charge is 2.62. The molecule has 1 aliphatic heterocycles. The fourth-order valence-corrected chi connectivity index (χ4v) is 5.85.